The average molecular weight is 298 g/mol. The normalized spacial score (nSPS) is 20.4. The number of carbonyl (C=O) groups is 1. The second-order valence-electron chi connectivity index (χ2n) is 4.27. The monoisotopic (exact) mass is 297 g/mol. The number of hydrogen-bond donors (Lipinski definition) is 1. The molecule has 0 aliphatic carbocycles. The van der Waals surface area contributed by atoms with Crippen molar-refractivity contribution in [3.63, 3.8) is 0 Å². The van der Waals surface area contributed by atoms with Crippen molar-refractivity contribution >= 4 is 21.8 Å². The van der Waals surface area contributed by atoms with Crippen molar-refractivity contribution in [3.05, 3.63) is 28.5 Å². The highest BCUT2D eigenvalue weighted by atomic mass is 79.9. The molecule has 1 amide bonds. The Bertz CT molecular complexity index is 410. The molecule has 1 aromatic heterocycles. The van der Waals surface area contributed by atoms with E-state index in [0.29, 0.717) is 11.6 Å². The van der Waals surface area contributed by atoms with E-state index < -0.39 is 0 Å². The SMILES string of the molecule is CNC1CCCN(C(=O)c2cncc(Br)c2)C1. The lowest BCUT2D eigenvalue weighted by atomic mass is 10.1. The minimum atomic E-state index is 0.0683. The lowest BCUT2D eigenvalue weighted by Crippen LogP contribution is -2.46. The van der Waals surface area contributed by atoms with Crippen LogP contribution >= 0.6 is 15.9 Å². The molecule has 1 unspecified atom stereocenters. The summed E-state index contributed by atoms with van der Waals surface area (Å²) in [6, 6.07) is 2.23. The average Bonchev–Trinajstić information content (AvgIpc) is 2.38. The lowest BCUT2D eigenvalue weighted by Gasteiger charge is -2.32. The maximum Gasteiger partial charge on any atom is 0.255 e. The van der Waals surface area contributed by atoms with E-state index in [1.165, 1.54) is 0 Å². The van der Waals surface area contributed by atoms with Crippen molar-refractivity contribution in [2.75, 3.05) is 20.1 Å². The Morgan fingerprint density at radius 2 is 2.41 bits per heavy atom. The topological polar surface area (TPSA) is 45.2 Å². The second-order valence-corrected chi connectivity index (χ2v) is 5.19. The van der Waals surface area contributed by atoms with Crippen LogP contribution in [0.25, 0.3) is 0 Å². The van der Waals surface area contributed by atoms with Gasteiger partial charge in [-0.3, -0.25) is 9.78 Å². The number of amides is 1. The number of piperidine rings is 1. The fourth-order valence-electron chi connectivity index (χ4n) is 2.11. The highest BCUT2D eigenvalue weighted by Crippen LogP contribution is 2.15. The van der Waals surface area contributed by atoms with Crippen molar-refractivity contribution in [3.8, 4) is 0 Å². The summed E-state index contributed by atoms with van der Waals surface area (Å²) >= 11 is 3.33. The molecule has 5 heteroatoms. The minimum Gasteiger partial charge on any atom is -0.337 e. The largest absolute Gasteiger partial charge is 0.337 e. The highest BCUT2D eigenvalue weighted by Gasteiger charge is 2.23. The summed E-state index contributed by atoms with van der Waals surface area (Å²) in [6.07, 6.45) is 5.50. The van der Waals surface area contributed by atoms with Crippen LogP contribution in [0.5, 0.6) is 0 Å². The molecule has 2 rings (SSSR count). The number of aromatic nitrogens is 1. The van der Waals surface area contributed by atoms with Gasteiger partial charge >= 0.3 is 0 Å². The van der Waals surface area contributed by atoms with E-state index in [4.69, 9.17) is 0 Å². The van der Waals surface area contributed by atoms with Gasteiger partial charge in [-0.1, -0.05) is 0 Å². The molecule has 1 aliphatic heterocycles. The number of likely N-dealkylation sites (tertiary alicyclic amines) is 1. The maximum atomic E-state index is 12.3. The van der Waals surface area contributed by atoms with E-state index >= 15 is 0 Å². The number of pyridine rings is 1. The van der Waals surface area contributed by atoms with Crippen LogP contribution in [0.15, 0.2) is 22.9 Å². The molecule has 17 heavy (non-hydrogen) atoms. The molecule has 0 bridgehead atoms. The van der Waals surface area contributed by atoms with E-state index in [0.717, 1.165) is 30.4 Å². The Labute approximate surface area is 110 Å². The van der Waals surface area contributed by atoms with Crippen molar-refractivity contribution in [2.24, 2.45) is 0 Å². The maximum absolute atomic E-state index is 12.3. The van der Waals surface area contributed by atoms with Gasteiger partial charge in [-0.15, -0.1) is 0 Å². The van der Waals surface area contributed by atoms with Gasteiger partial charge in [-0.2, -0.15) is 0 Å². The van der Waals surface area contributed by atoms with Crippen LogP contribution in [0.4, 0.5) is 0 Å². The number of likely N-dealkylation sites (N-methyl/N-ethyl adjacent to an activating group) is 1. The first-order valence-corrected chi connectivity index (χ1v) is 6.57. The Hall–Kier alpha value is -0.940. The van der Waals surface area contributed by atoms with Crippen LogP contribution in [0.3, 0.4) is 0 Å². The second kappa shape index (κ2) is 5.60. The minimum absolute atomic E-state index is 0.0683. The van der Waals surface area contributed by atoms with Crippen LogP contribution in [0.2, 0.25) is 0 Å². The first-order valence-electron chi connectivity index (χ1n) is 5.78. The summed E-state index contributed by atoms with van der Waals surface area (Å²) in [7, 11) is 1.94. The van der Waals surface area contributed by atoms with Crippen molar-refractivity contribution < 1.29 is 4.79 Å². The number of hydrogen-bond acceptors (Lipinski definition) is 3. The standard InChI is InChI=1S/C12H16BrN3O/c1-14-11-3-2-4-16(8-11)12(17)9-5-10(13)7-15-6-9/h5-7,11,14H,2-4,8H2,1H3. The molecular weight excluding hydrogens is 282 g/mol. The third-order valence-electron chi connectivity index (χ3n) is 3.07. The zero-order valence-corrected chi connectivity index (χ0v) is 11.4. The van der Waals surface area contributed by atoms with E-state index in [2.05, 4.69) is 26.2 Å². The Morgan fingerprint density at radius 1 is 1.59 bits per heavy atom. The third-order valence-corrected chi connectivity index (χ3v) is 3.50. The molecule has 1 fully saturated rings. The molecule has 2 heterocycles. The Morgan fingerprint density at radius 3 is 3.12 bits per heavy atom. The van der Waals surface area contributed by atoms with Crippen LogP contribution in [0.1, 0.15) is 23.2 Å². The lowest BCUT2D eigenvalue weighted by molar-refractivity contribution is 0.0697. The molecule has 0 saturated carbocycles. The summed E-state index contributed by atoms with van der Waals surface area (Å²) in [6.45, 7) is 1.62. The molecule has 4 nitrogen and oxygen atoms in total. The number of nitrogens with zero attached hydrogens (tertiary/aromatic N) is 2. The van der Waals surface area contributed by atoms with E-state index in [9.17, 15) is 4.79 Å². The van der Waals surface area contributed by atoms with Gasteiger partial charge < -0.3 is 10.2 Å². The molecule has 1 saturated heterocycles. The summed E-state index contributed by atoms with van der Waals surface area (Å²) in [5.74, 6) is 0.0683. The van der Waals surface area contributed by atoms with Gasteiger partial charge in [0.05, 0.1) is 5.56 Å². The molecular formula is C12H16BrN3O. The fraction of sp³-hybridized carbons (Fsp3) is 0.500. The highest BCUT2D eigenvalue weighted by molar-refractivity contribution is 9.10. The summed E-state index contributed by atoms with van der Waals surface area (Å²) < 4.78 is 0.838. The summed E-state index contributed by atoms with van der Waals surface area (Å²) in [4.78, 5) is 18.2. The molecule has 0 aromatic carbocycles. The van der Waals surface area contributed by atoms with E-state index in [1.54, 1.807) is 12.4 Å². The van der Waals surface area contributed by atoms with E-state index in [-0.39, 0.29) is 5.91 Å². The number of carbonyl (C=O) groups excluding carboxylic acids is 1. The zero-order valence-electron chi connectivity index (χ0n) is 9.82. The smallest absolute Gasteiger partial charge is 0.255 e. The third kappa shape index (κ3) is 3.04. The quantitative estimate of drug-likeness (QED) is 0.903. The Balaban J connectivity index is 2.09. The van der Waals surface area contributed by atoms with Gasteiger partial charge in [0, 0.05) is 36.0 Å². The number of rotatable bonds is 2. The van der Waals surface area contributed by atoms with Gasteiger partial charge in [0.2, 0.25) is 0 Å². The summed E-state index contributed by atoms with van der Waals surface area (Å²) in [5.41, 5.74) is 0.649. The Kier molecular flexibility index (Phi) is 4.12. The first kappa shape index (κ1) is 12.5. The van der Waals surface area contributed by atoms with Gasteiger partial charge in [0.1, 0.15) is 0 Å². The number of nitrogens with one attached hydrogen (secondary N) is 1. The predicted molar refractivity (Wildman–Crippen MR) is 69.9 cm³/mol. The molecule has 92 valence electrons. The first-order chi connectivity index (χ1) is 8.20. The summed E-state index contributed by atoms with van der Waals surface area (Å²) in [5, 5.41) is 3.23. The molecule has 0 radical (unpaired) electrons. The van der Waals surface area contributed by atoms with Gasteiger partial charge in [-0.25, -0.2) is 0 Å². The predicted octanol–water partition coefficient (Wildman–Crippen LogP) is 1.67. The molecule has 1 N–H and O–H groups in total. The van der Waals surface area contributed by atoms with Gasteiger partial charge in [-0.05, 0) is 41.9 Å². The van der Waals surface area contributed by atoms with Crippen LogP contribution < -0.4 is 5.32 Å². The van der Waals surface area contributed by atoms with Crippen molar-refractivity contribution in [1.82, 2.24) is 15.2 Å². The van der Waals surface area contributed by atoms with Crippen LogP contribution in [0, 0.1) is 0 Å². The molecule has 1 atom stereocenters. The molecule has 0 spiro atoms. The molecule has 1 aromatic rings. The van der Waals surface area contributed by atoms with Gasteiger partial charge in [0.15, 0.2) is 0 Å². The van der Waals surface area contributed by atoms with Crippen LogP contribution in [-0.2, 0) is 0 Å². The van der Waals surface area contributed by atoms with E-state index in [1.807, 2.05) is 18.0 Å². The van der Waals surface area contributed by atoms with Crippen molar-refractivity contribution in [2.45, 2.75) is 18.9 Å². The van der Waals surface area contributed by atoms with Gasteiger partial charge in [0.25, 0.3) is 5.91 Å². The number of halogens is 1. The molecule has 1 aliphatic rings. The zero-order chi connectivity index (χ0) is 12.3. The van der Waals surface area contributed by atoms with Crippen LogP contribution in [-0.4, -0.2) is 42.0 Å². The van der Waals surface area contributed by atoms with Crippen molar-refractivity contribution in [1.29, 1.82) is 0 Å². The fourth-order valence-corrected chi connectivity index (χ4v) is 2.47.